The third-order valence-electron chi connectivity index (χ3n) is 4.65. The van der Waals surface area contributed by atoms with Crippen LogP contribution >= 0.6 is 0 Å². The molecule has 1 aromatic heterocycles. The molecule has 1 aliphatic heterocycles. The number of likely N-dealkylation sites (tertiary alicyclic amines) is 1. The quantitative estimate of drug-likeness (QED) is 0.818. The van der Waals surface area contributed by atoms with Gasteiger partial charge in [0.2, 0.25) is 5.76 Å². The second-order valence-corrected chi connectivity index (χ2v) is 6.03. The zero-order chi connectivity index (χ0) is 14.7. The van der Waals surface area contributed by atoms with Gasteiger partial charge in [-0.1, -0.05) is 12.8 Å². The molecule has 0 radical (unpaired) electrons. The lowest BCUT2D eigenvalue weighted by atomic mass is 10.0. The Hall–Kier alpha value is -1.40. The van der Waals surface area contributed by atoms with E-state index in [4.69, 9.17) is 4.42 Å². The summed E-state index contributed by atoms with van der Waals surface area (Å²) in [5.74, 6) is -0.0946. The third kappa shape index (κ3) is 3.27. The van der Waals surface area contributed by atoms with Crippen molar-refractivity contribution in [1.29, 1.82) is 0 Å². The van der Waals surface area contributed by atoms with E-state index in [1.165, 1.54) is 25.4 Å². The number of aliphatic hydroxyl groups excluding tert-OH is 1. The van der Waals surface area contributed by atoms with Crippen LogP contribution < -0.4 is 5.32 Å². The average Bonchev–Trinajstić information content (AvgIpc) is 3.16. The van der Waals surface area contributed by atoms with E-state index in [1.807, 2.05) is 0 Å². The van der Waals surface area contributed by atoms with Crippen molar-refractivity contribution in [3.63, 3.8) is 0 Å². The fourth-order valence-corrected chi connectivity index (χ4v) is 3.52. The van der Waals surface area contributed by atoms with E-state index in [2.05, 4.69) is 15.2 Å². The van der Waals surface area contributed by atoms with Crippen molar-refractivity contribution in [2.75, 3.05) is 13.1 Å². The summed E-state index contributed by atoms with van der Waals surface area (Å²) in [5, 5.41) is 13.6. The molecule has 6 nitrogen and oxygen atoms in total. The minimum absolute atomic E-state index is 0.162. The Morgan fingerprint density at radius 1 is 1.29 bits per heavy atom. The first kappa shape index (κ1) is 14.5. The smallest absolute Gasteiger partial charge is 0.289 e. The van der Waals surface area contributed by atoms with E-state index < -0.39 is 6.10 Å². The molecular formula is C15H23N3O3. The van der Waals surface area contributed by atoms with Gasteiger partial charge in [-0.05, 0) is 38.8 Å². The number of amides is 1. The summed E-state index contributed by atoms with van der Waals surface area (Å²) >= 11 is 0. The Kier molecular flexibility index (Phi) is 4.55. The summed E-state index contributed by atoms with van der Waals surface area (Å²) in [7, 11) is 0. The lowest BCUT2D eigenvalue weighted by Gasteiger charge is -2.34. The molecule has 1 saturated heterocycles. The van der Waals surface area contributed by atoms with Crippen molar-refractivity contribution in [2.45, 2.75) is 56.7 Å². The lowest BCUT2D eigenvalue weighted by molar-refractivity contribution is 0.0333. The molecule has 1 amide bonds. The van der Waals surface area contributed by atoms with Crippen LogP contribution in [0.4, 0.5) is 0 Å². The summed E-state index contributed by atoms with van der Waals surface area (Å²) in [6, 6.07) is -0.0503. The maximum absolute atomic E-state index is 12.1. The highest BCUT2D eigenvalue weighted by molar-refractivity contribution is 5.91. The number of rotatable bonds is 3. The van der Waals surface area contributed by atoms with Crippen LogP contribution in [0.1, 0.15) is 49.1 Å². The minimum atomic E-state index is -0.516. The van der Waals surface area contributed by atoms with Crippen LogP contribution in [0.15, 0.2) is 17.0 Å². The van der Waals surface area contributed by atoms with E-state index in [0.717, 1.165) is 38.8 Å². The van der Waals surface area contributed by atoms with Gasteiger partial charge >= 0.3 is 0 Å². The first-order valence-electron chi connectivity index (χ1n) is 7.87. The molecule has 0 spiro atoms. The van der Waals surface area contributed by atoms with Gasteiger partial charge in [-0.15, -0.1) is 0 Å². The number of carbonyl (C=O) groups excluding carboxylic acids is 1. The number of aliphatic hydroxyl groups is 1. The summed E-state index contributed by atoms with van der Waals surface area (Å²) in [5.41, 5.74) is 0. The second-order valence-electron chi connectivity index (χ2n) is 6.03. The highest BCUT2D eigenvalue weighted by atomic mass is 16.3. The molecule has 0 aromatic carbocycles. The Balaban J connectivity index is 1.66. The zero-order valence-corrected chi connectivity index (χ0v) is 12.2. The van der Waals surface area contributed by atoms with Crippen molar-refractivity contribution in [3.05, 3.63) is 18.4 Å². The maximum Gasteiger partial charge on any atom is 0.289 e. The van der Waals surface area contributed by atoms with Crippen molar-refractivity contribution < 1.29 is 14.3 Å². The first-order valence-corrected chi connectivity index (χ1v) is 7.87. The topological polar surface area (TPSA) is 78.6 Å². The number of aromatic nitrogens is 1. The molecule has 0 bridgehead atoms. The standard InChI is InChI=1S/C15H23N3O3/c19-14-11(17-15(20)13-9-16-10-21-13)5-1-2-6-12(14)18-7-3-4-8-18/h9-12,14,19H,1-8H2,(H,17,20)/t11-,12-,14-/m1/s1. The van der Waals surface area contributed by atoms with Gasteiger partial charge in [0.15, 0.2) is 6.39 Å². The van der Waals surface area contributed by atoms with Crippen molar-refractivity contribution in [2.24, 2.45) is 0 Å². The molecule has 2 fully saturated rings. The van der Waals surface area contributed by atoms with Gasteiger partial charge in [-0.2, -0.15) is 0 Å². The fourth-order valence-electron chi connectivity index (χ4n) is 3.52. The maximum atomic E-state index is 12.1. The number of hydrogen-bond donors (Lipinski definition) is 2. The molecule has 21 heavy (non-hydrogen) atoms. The van der Waals surface area contributed by atoms with E-state index in [1.54, 1.807) is 0 Å². The predicted molar refractivity (Wildman–Crippen MR) is 76.8 cm³/mol. The number of oxazole rings is 1. The molecule has 2 aliphatic rings. The Morgan fingerprint density at radius 3 is 2.76 bits per heavy atom. The van der Waals surface area contributed by atoms with Gasteiger partial charge in [0.25, 0.3) is 5.91 Å². The normalized spacial score (nSPS) is 31.0. The molecule has 116 valence electrons. The van der Waals surface area contributed by atoms with Crippen LogP contribution in [0.2, 0.25) is 0 Å². The van der Waals surface area contributed by atoms with Crippen LogP contribution in [0.3, 0.4) is 0 Å². The molecule has 3 rings (SSSR count). The van der Waals surface area contributed by atoms with Crippen LogP contribution in [-0.4, -0.2) is 52.2 Å². The van der Waals surface area contributed by atoms with E-state index in [0.29, 0.717) is 0 Å². The van der Waals surface area contributed by atoms with Gasteiger partial charge in [0.1, 0.15) is 0 Å². The Morgan fingerprint density at radius 2 is 2.05 bits per heavy atom. The van der Waals surface area contributed by atoms with Gasteiger partial charge in [-0.25, -0.2) is 4.98 Å². The Bertz CT molecular complexity index is 457. The first-order chi connectivity index (χ1) is 10.3. The lowest BCUT2D eigenvalue weighted by Crippen LogP contribution is -2.52. The van der Waals surface area contributed by atoms with Gasteiger partial charge in [-0.3, -0.25) is 9.69 Å². The summed E-state index contributed by atoms with van der Waals surface area (Å²) in [4.78, 5) is 18.2. The molecule has 6 heteroatoms. The van der Waals surface area contributed by atoms with E-state index >= 15 is 0 Å². The molecule has 2 heterocycles. The van der Waals surface area contributed by atoms with Gasteiger partial charge < -0.3 is 14.8 Å². The number of hydrogen-bond acceptors (Lipinski definition) is 5. The van der Waals surface area contributed by atoms with Crippen molar-refractivity contribution in [1.82, 2.24) is 15.2 Å². The SMILES string of the molecule is O=C(N[C@@H]1CCCC[C@@H](N2CCCC2)[C@@H]1O)c1cnco1. The average molecular weight is 293 g/mol. The molecule has 0 unspecified atom stereocenters. The Labute approximate surface area is 124 Å². The summed E-state index contributed by atoms with van der Waals surface area (Å²) < 4.78 is 5.01. The molecule has 3 atom stereocenters. The number of nitrogens with zero attached hydrogens (tertiary/aromatic N) is 2. The largest absolute Gasteiger partial charge is 0.438 e. The molecule has 1 saturated carbocycles. The van der Waals surface area contributed by atoms with Crippen LogP contribution in [-0.2, 0) is 0 Å². The molecule has 1 aromatic rings. The van der Waals surface area contributed by atoms with Crippen LogP contribution in [0, 0.1) is 0 Å². The number of carbonyl (C=O) groups is 1. The zero-order valence-electron chi connectivity index (χ0n) is 12.2. The molecular weight excluding hydrogens is 270 g/mol. The fraction of sp³-hybridized carbons (Fsp3) is 0.733. The van der Waals surface area contributed by atoms with Crippen molar-refractivity contribution >= 4 is 5.91 Å². The highest BCUT2D eigenvalue weighted by Crippen LogP contribution is 2.26. The summed E-state index contributed by atoms with van der Waals surface area (Å²) in [6.45, 7) is 2.12. The van der Waals surface area contributed by atoms with Gasteiger partial charge in [0, 0.05) is 6.04 Å². The predicted octanol–water partition coefficient (Wildman–Crippen LogP) is 1.17. The highest BCUT2D eigenvalue weighted by Gasteiger charge is 2.35. The monoisotopic (exact) mass is 293 g/mol. The van der Waals surface area contributed by atoms with Crippen LogP contribution in [0.5, 0.6) is 0 Å². The van der Waals surface area contributed by atoms with E-state index in [9.17, 15) is 9.90 Å². The van der Waals surface area contributed by atoms with Crippen LogP contribution in [0.25, 0.3) is 0 Å². The van der Waals surface area contributed by atoms with E-state index in [-0.39, 0.29) is 23.8 Å². The molecule has 2 N–H and O–H groups in total. The third-order valence-corrected chi connectivity index (χ3v) is 4.65. The molecule has 1 aliphatic carbocycles. The van der Waals surface area contributed by atoms with Crippen molar-refractivity contribution in [3.8, 4) is 0 Å². The number of nitrogens with one attached hydrogen (secondary N) is 1. The van der Waals surface area contributed by atoms with Gasteiger partial charge in [0.05, 0.1) is 18.3 Å². The minimum Gasteiger partial charge on any atom is -0.438 e. The summed E-state index contributed by atoms with van der Waals surface area (Å²) in [6.07, 6.45) is 8.49. The second kappa shape index (κ2) is 6.58.